The van der Waals surface area contributed by atoms with Gasteiger partial charge in [-0.25, -0.2) is 4.52 Å². The normalized spacial score (nSPS) is 16.2. The van der Waals surface area contributed by atoms with E-state index in [4.69, 9.17) is 4.52 Å². The van der Waals surface area contributed by atoms with Crippen molar-refractivity contribution >= 4 is 18.1 Å². The molecule has 0 saturated carbocycles. The third-order valence-corrected chi connectivity index (χ3v) is 5.20. The molecule has 29 heavy (non-hydrogen) atoms. The van der Waals surface area contributed by atoms with E-state index >= 15 is 0 Å². The van der Waals surface area contributed by atoms with Crippen molar-refractivity contribution in [1.29, 1.82) is 0 Å². The van der Waals surface area contributed by atoms with Crippen molar-refractivity contribution in [1.82, 2.24) is 30.1 Å². The lowest BCUT2D eigenvalue weighted by molar-refractivity contribution is -0.186. The Balaban J connectivity index is 0.00000240. The standard InChI is InChI=1S/C17H19F3N6O2.ClH/c1-16(2,17(18,19)20)15-24-13(25-28-15)10-8-22-26-11(7-12(27)23-14(10)26)9-3-5-21-6-4-9;/h7-9,21H,3-6H2,1-2H3,(H,23,27);1H. The second-order valence-electron chi connectivity index (χ2n) is 7.45. The van der Waals surface area contributed by atoms with Crippen molar-refractivity contribution in [3.05, 3.63) is 34.2 Å². The Morgan fingerprint density at radius 1 is 1.24 bits per heavy atom. The molecule has 0 bridgehead atoms. The zero-order valence-corrected chi connectivity index (χ0v) is 16.5. The molecule has 2 N–H and O–H groups in total. The lowest BCUT2D eigenvalue weighted by atomic mass is 9.93. The van der Waals surface area contributed by atoms with Crippen LogP contribution in [0.25, 0.3) is 17.0 Å². The summed E-state index contributed by atoms with van der Waals surface area (Å²) in [6.45, 7) is 3.62. The third-order valence-electron chi connectivity index (χ3n) is 5.20. The minimum atomic E-state index is -4.55. The first-order valence-corrected chi connectivity index (χ1v) is 8.91. The molecule has 158 valence electrons. The Morgan fingerprint density at radius 3 is 2.59 bits per heavy atom. The van der Waals surface area contributed by atoms with Crippen LogP contribution in [0.3, 0.4) is 0 Å². The smallest absolute Gasteiger partial charge is 0.338 e. The van der Waals surface area contributed by atoms with Gasteiger partial charge in [-0.2, -0.15) is 23.3 Å². The monoisotopic (exact) mass is 432 g/mol. The van der Waals surface area contributed by atoms with Crippen LogP contribution in [-0.2, 0) is 5.41 Å². The molecule has 1 aliphatic heterocycles. The van der Waals surface area contributed by atoms with Gasteiger partial charge in [-0.1, -0.05) is 5.16 Å². The Kier molecular flexibility index (Phi) is 5.48. The molecule has 3 aromatic rings. The number of fused-ring (bicyclic) bond motifs is 1. The number of nitrogens with zero attached hydrogens (tertiary/aromatic N) is 4. The molecule has 4 heterocycles. The van der Waals surface area contributed by atoms with Gasteiger partial charge in [-0.05, 0) is 39.8 Å². The maximum absolute atomic E-state index is 13.2. The van der Waals surface area contributed by atoms with Crippen LogP contribution in [0.5, 0.6) is 0 Å². The molecule has 3 aromatic heterocycles. The van der Waals surface area contributed by atoms with Crippen LogP contribution in [0.4, 0.5) is 13.2 Å². The highest BCUT2D eigenvalue weighted by atomic mass is 35.5. The predicted octanol–water partition coefficient (Wildman–Crippen LogP) is 2.80. The zero-order chi connectivity index (χ0) is 20.1. The molecule has 0 aliphatic carbocycles. The summed E-state index contributed by atoms with van der Waals surface area (Å²) in [6.07, 6.45) is -1.40. The summed E-state index contributed by atoms with van der Waals surface area (Å²) in [5, 5.41) is 11.3. The summed E-state index contributed by atoms with van der Waals surface area (Å²) in [4.78, 5) is 18.8. The van der Waals surface area contributed by atoms with Crippen molar-refractivity contribution in [2.45, 2.75) is 44.2 Å². The van der Waals surface area contributed by atoms with E-state index in [-0.39, 0.29) is 29.7 Å². The topological polar surface area (TPSA) is 101 Å². The maximum Gasteiger partial charge on any atom is 0.402 e. The molecule has 8 nitrogen and oxygen atoms in total. The highest BCUT2D eigenvalue weighted by molar-refractivity contribution is 5.85. The first-order chi connectivity index (χ1) is 13.2. The van der Waals surface area contributed by atoms with Crippen LogP contribution in [-0.4, -0.2) is 44.0 Å². The van der Waals surface area contributed by atoms with Crippen LogP contribution in [0, 0.1) is 0 Å². The molecular weight excluding hydrogens is 413 g/mol. The number of rotatable bonds is 3. The van der Waals surface area contributed by atoms with Crippen LogP contribution in [0.1, 0.15) is 44.2 Å². The molecule has 1 saturated heterocycles. The molecule has 0 spiro atoms. The quantitative estimate of drug-likeness (QED) is 0.660. The summed E-state index contributed by atoms with van der Waals surface area (Å²) in [7, 11) is 0. The molecule has 4 rings (SSSR count). The molecule has 1 aliphatic rings. The minimum Gasteiger partial charge on any atom is -0.338 e. The second kappa shape index (κ2) is 7.45. The van der Waals surface area contributed by atoms with Gasteiger partial charge in [0.1, 0.15) is 11.1 Å². The van der Waals surface area contributed by atoms with E-state index in [0.717, 1.165) is 45.5 Å². The van der Waals surface area contributed by atoms with Gasteiger partial charge in [0.2, 0.25) is 11.7 Å². The van der Waals surface area contributed by atoms with E-state index in [1.54, 1.807) is 4.52 Å². The highest BCUT2D eigenvalue weighted by Gasteiger charge is 2.52. The van der Waals surface area contributed by atoms with E-state index < -0.39 is 17.5 Å². The van der Waals surface area contributed by atoms with Gasteiger partial charge < -0.3 is 14.8 Å². The zero-order valence-electron chi connectivity index (χ0n) is 15.7. The number of H-pyrrole nitrogens is 1. The van der Waals surface area contributed by atoms with E-state index in [1.807, 2.05) is 0 Å². The average Bonchev–Trinajstić information content (AvgIpc) is 3.27. The molecule has 0 radical (unpaired) electrons. The van der Waals surface area contributed by atoms with Crippen LogP contribution < -0.4 is 10.9 Å². The van der Waals surface area contributed by atoms with E-state index in [9.17, 15) is 18.0 Å². The summed E-state index contributed by atoms with van der Waals surface area (Å²) >= 11 is 0. The van der Waals surface area contributed by atoms with Crippen molar-refractivity contribution in [3.8, 4) is 11.4 Å². The Morgan fingerprint density at radius 2 is 1.93 bits per heavy atom. The fourth-order valence-electron chi connectivity index (χ4n) is 3.29. The summed E-state index contributed by atoms with van der Waals surface area (Å²) in [5.41, 5.74) is -1.22. The van der Waals surface area contributed by atoms with E-state index in [0.29, 0.717) is 11.2 Å². The summed E-state index contributed by atoms with van der Waals surface area (Å²) in [5.74, 6) is -0.449. The Hall–Kier alpha value is -2.40. The molecule has 1 fully saturated rings. The van der Waals surface area contributed by atoms with E-state index in [1.165, 1.54) is 12.3 Å². The SMILES string of the molecule is CC(C)(c1nc(-c2cnn3c(C4CCNCC4)cc(=O)[nH]c23)no1)C(F)(F)F.Cl. The highest BCUT2D eigenvalue weighted by Crippen LogP contribution is 2.40. The number of nitrogens with one attached hydrogen (secondary N) is 2. The van der Waals surface area contributed by atoms with Gasteiger partial charge in [-0.3, -0.25) is 4.79 Å². The van der Waals surface area contributed by atoms with Crippen molar-refractivity contribution in [3.63, 3.8) is 0 Å². The number of halogens is 4. The minimum absolute atomic E-state index is 0. The van der Waals surface area contributed by atoms with Gasteiger partial charge in [0.25, 0.3) is 5.56 Å². The van der Waals surface area contributed by atoms with Gasteiger partial charge in [-0.15, -0.1) is 12.4 Å². The van der Waals surface area contributed by atoms with E-state index in [2.05, 4.69) is 25.5 Å². The molecule has 0 unspecified atom stereocenters. The number of aromatic nitrogens is 5. The van der Waals surface area contributed by atoms with Gasteiger partial charge in [0, 0.05) is 12.0 Å². The average molecular weight is 433 g/mol. The first-order valence-electron chi connectivity index (χ1n) is 8.91. The predicted molar refractivity (Wildman–Crippen MR) is 100 cm³/mol. The van der Waals surface area contributed by atoms with Crippen LogP contribution in [0.15, 0.2) is 21.6 Å². The molecule has 12 heteroatoms. The molecule has 0 aromatic carbocycles. The molecular formula is C17H20ClF3N6O2. The largest absolute Gasteiger partial charge is 0.402 e. The third kappa shape index (κ3) is 3.64. The molecule has 0 amide bonds. The Labute approximate surface area is 169 Å². The fraction of sp³-hybridized carbons (Fsp3) is 0.529. The summed E-state index contributed by atoms with van der Waals surface area (Å²) in [6, 6.07) is 1.51. The number of hydrogen-bond donors (Lipinski definition) is 2. The van der Waals surface area contributed by atoms with Crippen molar-refractivity contribution in [2.24, 2.45) is 0 Å². The Bertz CT molecular complexity index is 1070. The number of hydrogen-bond acceptors (Lipinski definition) is 6. The lowest BCUT2D eigenvalue weighted by Gasteiger charge is -2.23. The lowest BCUT2D eigenvalue weighted by Crippen LogP contribution is -2.36. The van der Waals surface area contributed by atoms with Gasteiger partial charge >= 0.3 is 6.18 Å². The van der Waals surface area contributed by atoms with Crippen molar-refractivity contribution in [2.75, 3.05) is 13.1 Å². The van der Waals surface area contributed by atoms with Crippen LogP contribution >= 0.6 is 12.4 Å². The van der Waals surface area contributed by atoms with Gasteiger partial charge in [0.15, 0.2) is 0 Å². The molecule has 0 atom stereocenters. The number of piperidine rings is 1. The number of alkyl halides is 3. The number of aromatic amines is 1. The summed E-state index contributed by atoms with van der Waals surface area (Å²) < 4.78 is 46.2. The first kappa shape index (κ1) is 21.3. The maximum atomic E-state index is 13.2. The second-order valence-corrected chi connectivity index (χ2v) is 7.45. The fourth-order valence-corrected chi connectivity index (χ4v) is 3.29. The van der Waals surface area contributed by atoms with Gasteiger partial charge in [0.05, 0.1) is 17.5 Å². The van der Waals surface area contributed by atoms with Crippen molar-refractivity contribution < 1.29 is 17.7 Å². The van der Waals surface area contributed by atoms with Crippen LogP contribution in [0.2, 0.25) is 0 Å².